The van der Waals surface area contributed by atoms with Crippen LogP contribution in [0.25, 0.3) is 0 Å². The van der Waals surface area contributed by atoms with Crippen molar-refractivity contribution in [3.8, 4) is 0 Å². The second-order valence-corrected chi connectivity index (χ2v) is 3.47. The van der Waals surface area contributed by atoms with Gasteiger partial charge in [-0.05, 0) is 15.9 Å². The fourth-order valence-corrected chi connectivity index (χ4v) is 1.33. The number of hydrogen-bond donors (Lipinski definition) is 0. The Hall–Kier alpha value is 0.410. The molecule has 42 valence electrons. The van der Waals surface area contributed by atoms with Crippen LogP contribution in [0.15, 0.2) is 0 Å². The monoisotopic (exact) mass is 166 g/mol. The van der Waals surface area contributed by atoms with E-state index < -0.39 is 4.58 Å². The Bertz CT molecular complexity index is 80.1. The summed E-state index contributed by atoms with van der Waals surface area (Å²) in [5.41, 5.74) is 0. The van der Waals surface area contributed by atoms with Gasteiger partial charge >= 0.3 is 0 Å². The predicted octanol–water partition coefficient (Wildman–Crippen LogP) is 2.33. The largest absolute Gasteiger partial charge is 0.231 e. The maximum atomic E-state index is 12.5. The van der Waals surface area contributed by atoms with E-state index in [1.807, 2.05) is 13.8 Å². The maximum Gasteiger partial charge on any atom is 0.170 e. The van der Waals surface area contributed by atoms with E-state index in [0.717, 1.165) is 0 Å². The highest BCUT2D eigenvalue weighted by atomic mass is 79.9. The molecule has 7 heavy (non-hydrogen) atoms. The van der Waals surface area contributed by atoms with Crippen molar-refractivity contribution in [1.82, 2.24) is 0 Å². The number of halogens is 2. The molecule has 1 aliphatic carbocycles. The molecule has 0 aromatic heterocycles. The van der Waals surface area contributed by atoms with E-state index in [-0.39, 0.29) is 11.8 Å². The molecule has 1 fully saturated rings. The van der Waals surface area contributed by atoms with Crippen molar-refractivity contribution in [2.24, 2.45) is 11.8 Å². The van der Waals surface area contributed by atoms with Crippen molar-refractivity contribution in [3.05, 3.63) is 0 Å². The molecular formula is C5H8BrF. The van der Waals surface area contributed by atoms with E-state index in [0.29, 0.717) is 0 Å². The van der Waals surface area contributed by atoms with Crippen molar-refractivity contribution in [3.63, 3.8) is 0 Å². The number of rotatable bonds is 0. The molecule has 1 aliphatic rings. The van der Waals surface area contributed by atoms with Crippen molar-refractivity contribution in [2.45, 2.75) is 18.4 Å². The molecule has 0 spiro atoms. The van der Waals surface area contributed by atoms with Crippen LogP contribution in [0, 0.1) is 11.8 Å². The molecule has 0 nitrogen and oxygen atoms in total. The average Bonchev–Trinajstić information content (AvgIpc) is 1.91. The molecule has 1 rings (SSSR count). The number of alkyl halides is 2. The molecule has 3 atom stereocenters. The van der Waals surface area contributed by atoms with E-state index in [2.05, 4.69) is 15.9 Å². The zero-order valence-corrected chi connectivity index (χ0v) is 6.00. The Kier molecular flexibility index (Phi) is 0.965. The molecule has 1 saturated carbocycles. The van der Waals surface area contributed by atoms with Gasteiger partial charge in [0.25, 0.3) is 0 Å². The molecule has 1 unspecified atom stereocenters. The Morgan fingerprint density at radius 2 is 1.57 bits per heavy atom. The third kappa shape index (κ3) is 0.600. The first-order valence-electron chi connectivity index (χ1n) is 2.44. The molecular weight excluding hydrogens is 159 g/mol. The Balaban J connectivity index is 2.52. The van der Waals surface area contributed by atoms with E-state index in [4.69, 9.17) is 0 Å². The summed E-state index contributed by atoms with van der Waals surface area (Å²) in [5.74, 6) is 0.431. The molecule has 0 aromatic rings. The van der Waals surface area contributed by atoms with Crippen molar-refractivity contribution in [1.29, 1.82) is 0 Å². The van der Waals surface area contributed by atoms with Crippen molar-refractivity contribution in [2.75, 3.05) is 0 Å². The third-order valence-corrected chi connectivity index (χ3v) is 3.30. The van der Waals surface area contributed by atoms with Crippen LogP contribution < -0.4 is 0 Å². The first kappa shape index (κ1) is 5.54. The summed E-state index contributed by atoms with van der Waals surface area (Å²) in [4.78, 5) is 0. The normalized spacial score (nSPS) is 60.0. The van der Waals surface area contributed by atoms with Crippen LogP contribution in [0.4, 0.5) is 4.39 Å². The third-order valence-electron chi connectivity index (χ3n) is 1.86. The fraction of sp³-hybridized carbons (Fsp3) is 1.00. The summed E-state index contributed by atoms with van der Waals surface area (Å²) in [6.07, 6.45) is 0. The van der Waals surface area contributed by atoms with E-state index >= 15 is 0 Å². The van der Waals surface area contributed by atoms with Crippen LogP contribution in [0.5, 0.6) is 0 Å². The van der Waals surface area contributed by atoms with Gasteiger partial charge in [-0.15, -0.1) is 0 Å². The zero-order valence-electron chi connectivity index (χ0n) is 4.41. The standard InChI is InChI=1S/C5H8BrF/c1-3-4(2)5(3,6)7/h3-4H,1-2H3/t3-,4+,5?. The fourth-order valence-electron chi connectivity index (χ4n) is 0.674. The smallest absolute Gasteiger partial charge is 0.170 e. The number of hydrogen-bond acceptors (Lipinski definition) is 0. The molecule has 0 aliphatic heterocycles. The van der Waals surface area contributed by atoms with Crippen LogP contribution in [-0.2, 0) is 0 Å². The summed E-state index contributed by atoms with van der Waals surface area (Å²) >= 11 is 2.95. The van der Waals surface area contributed by atoms with Crippen LogP contribution in [0.1, 0.15) is 13.8 Å². The first-order valence-corrected chi connectivity index (χ1v) is 3.24. The molecule has 0 saturated heterocycles. The highest BCUT2D eigenvalue weighted by Gasteiger charge is 2.58. The highest BCUT2D eigenvalue weighted by Crippen LogP contribution is 2.57. The van der Waals surface area contributed by atoms with Crippen LogP contribution in [0.3, 0.4) is 0 Å². The lowest BCUT2D eigenvalue weighted by atomic mass is 10.4. The van der Waals surface area contributed by atoms with E-state index in [1.165, 1.54) is 0 Å². The Labute approximate surface area is 51.2 Å². The topological polar surface area (TPSA) is 0 Å². The van der Waals surface area contributed by atoms with E-state index in [1.54, 1.807) is 0 Å². The average molecular weight is 167 g/mol. The molecule has 0 amide bonds. The van der Waals surface area contributed by atoms with Gasteiger partial charge in [-0.3, -0.25) is 0 Å². The summed E-state index contributed by atoms with van der Waals surface area (Å²) in [7, 11) is 0. The molecule has 0 bridgehead atoms. The second-order valence-electron chi connectivity index (χ2n) is 2.25. The quantitative estimate of drug-likeness (QED) is 0.485. The minimum atomic E-state index is -1.02. The van der Waals surface area contributed by atoms with Gasteiger partial charge in [-0.25, -0.2) is 4.39 Å². The van der Waals surface area contributed by atoms with Crippen LogP contribution in [-0.4, -0.2) is 4.58 Å². The molecule has 0 radical (unpaired) electrons. The van der Waals surface area contributed by atoms with Gasteiger partial charge in [0.2, 0.25) is 0 Å². The maximum absolute atomic E-state index is 12.5. The van der Waals surface area contributed by atoms with Gasteiger partial charge in [0, 0.05) is 11.8 Å². The zero-order chi connectivity index (χ0) is 5.65. The van der Waals surface area contributed by atoms with Crippen molar-refractivity contribution < 1.29 is 4.39 Å². The predicted molar refractivity (Wildman–Crippen MR) is 31.1 cm³/mol. The SMILES string of the molecule is C[C@@H]1[C@H](C)C1(F)Br. The van der Waals surface area contributed by atoms with Crippen LogP contribution in [0.2, 0.25) is 0 Å². The minimum Gasteiger partial charge on any atom is -0.231 e. The second kappa shape index (κ2) is 1.22. The molecule has 0 N–H and O–H groups in total. The van der Waals surface area contributed by atoms with Gasteiger partial charge in [0.05, 0.1) is 0 Å². The van der Waals surface area contributed by atoms with Crippen molar-refractivity contribution >= 4 is 15.9 Å². The van der Waals surface area contributed by atoms with Gasteiger partial charge in [-0.2, -0.15) is 0 Å². The van der Waals surface area contributed by atoms with E-state index in [9.17, 15) is 4.39 Å². The highest BCUT2D eigenvalue weighted by molar-refractivity contribution is 9.10. The Morgan fingerprint density at radius 1 is 1.43 bits per heavy atom. The lowest BCUT2D eigenvalue weighted by Crippen LogP contribution is -1.86. The van der Waals surface area contributed by atoms with Gasteiger partial charge in [-0.1, -0.05) is 13.8 Å². The molecule has 0 heterocycles. The van der Waals surface area contributed by atoms with Gasteiger partial charge in [0.1, 0.15) is 0 Å². The van der Waals surface area contributed by atoms with Crippen LogP contribution >= 0.6 is 15.9 Å². The molecule has 0 aromatic carbocycles. The summed E-state index contributed by atoms with van der Waals surface area (Å²) in [6, 6.07) is 0. The summed E-state index contributed by atoms with van der Waals surface area (Å²) in [5, 5.41) is 0. The minimum absolute atomic E-state index is 0.215. The summed E-state index contributed by atoms with van der Waals surface area (Å²) in [6.45, 7) is 3.80. The van der Waals surface area contributed by atoms with Gasteiger partial charge < -0.3 is 0 Å². The summed E-state index contributed by atoms with van der Waals surface area (Å²) < 4.78 is 11.5. The Morgan fingerprint density at radius 3 is 1.57 bits per heavy atom. The first-order chi connectivity index (χ1) is 3.07. The molecule has 2 heteroatoms. The lowest BCUT2D eigenvalue weighted by molar-refractivity contribution is 0.406. The lowest BCUT2D eigenvalue weighted by Gasteiger charge is -1.86. The van der Waals surface area contributed by atoms with Gasteiger partial charge in [0.15, 0.2) is 4.58 Å².